The minimum Gasteiger partial charge on any atom is -0.429 e. The summed E-state index contributed by atoms with van der Waals surface area (Å²) >= 11 is 0. The SMILES string of the molecule is CC(=O)[C@@]12[C@@H]3[C@@H]([C@H](O)[C@H]1[C@@H]1[C@@H](O)C(=O)[C@H]4C[C@@H]5O[C@@H]5[C@H](O)[C@]4(C(C)=O)[C@H]1C[C@@H]2O)[C@]1(C)C(=C[C@H]3C)OC(=O)[C@@]1(C)O. The van der Waals surface area contributed by atoms with Crippen LogP contribution in [0.1, 0.15) is 47.5 Å². The Morgan fingerprint density at radius 3 is 2.20 bits per heavy atom. The molecule has 224 valence electrons. The highest BCUT2D eigenvalue weighted by atomic mass is 16.6. The van der Waals surface area contributed by atoms with Crippen molar-refractivity contribution in [2.75, 3.05) is 0 Å². The van der Waals surface area contributed by atoms with Crippen LogP contribution in [0.25, 0.3) is 0 Å². The highest BCUT2D eigenvalue weighted by molar-refractivity contribution is 5.97. The lowest BCUT2D eigenvalue weighted by Gasteiger charge is -2.63. The first-order valence-electron chi connectivity index (χ1n) is 14.6. The number of esters is 1. The fourth-order valence-corrected chi connectivity index (χ4v) is 11.4. The van der Waals surface area contributed by atoms with Gasteiger partial charge in [-0.2, -0.15) is 0 Å². The highest BCUT2D eigenvalue weighted by Gasteiger charge is 2.83. The van der Waals surface area contributed by atoms with Crippen LogP contribution in [-0.2, 0) is 28.7 Å². The molecule has 7 rings (SSSR count). The number of carbonyl (C=O) groups is 4. The van der Waals surface area contributed by atoms with Crippen LogP contribution in [-0.4, -0.2) is 91.1 Å². The Kier molecular flexibility index (Phi) is 5.37. The molecule has 0 bridgehead atoms. The molecule has 0 unspecified atom stereocenters. The summed E-state index contributed by atoms with van der Waals surface area (Å²) < 4.78 is 11.1. The zero-order valence-corrected chi connectivity index (χ0v) is 23.7. The molecule has 2 aliphatic heterocycles. The van der Waals surface area contributed by atoms with Gasteiger partial charge in [-0.05, 0) is 64.4 Å². The molecule has 0 spiro atoms. The zero-order chi connectivity index (χ0) is 29.9. The Morgan fingerprint density at radius 1 is 0.951 bits per heavy atom. The number of ether oxygens (including phenoxy) is 2. The molecule has 11 nitrogen and oxygen atoms in total. The standard InChI is InChI=1S/C30H38O11/c1-9-6-16-27(4,28(5,39)26(38)41-16)20-18(9)30(11(3)32)15(33)8-12-17(19(30)23(20)36)22(35)21(34)13-7-14-24(40-14)25(37)29(12,13)10(2)31/h6,9,12-15,17-20,22-25,33,35-37,39H,7-8H2,1-5H3/t9-,12+,13-,14+,15+,17-,18+,19-,20+,22-,23-,24+,25+,27+,28-,29-,30-/m1/s1. The molecule has 17 atom stereocenters. The molecule has 0 aromatic carbocycles. The lowest BCUT2D eigenvalue weighted by atomic mass is 9.40. The van der Waals surface area contributed by atoms with E-state index >= 15 is 0 Å². The van der Waals surface area contributed by atoms with E-state index in [0.29, 0.717) is 0 Å². The summed E-state index contributed by atoms with van der Waals surface area (Å²) in [6.07, 6.45) is -5.37. The molecular formula is C30H38O11. The maximum absolute atomic E-state index is 13.9. The largest absolute Gasteiger partial charge is 0.429 e. The third-order valence-electron chi connectivity index (χ3n) is 13.2. The lowest BCUT2D eigenvalue weighted by Crippen LogP contribution is -2.73. The van der Waals surface area contributed by atoms with E-state index in [2.05, 4.69) is 0 Å². The van der Waals surface area contributed by atoms with Crippen molar-refractivity contribution in [1.29, 1.82) is 0 Å². The first-order chi connectivity index (χ1) is 19.0. The van der Waals surface area contributed by atoms with Crippen molar-refractivity contribution >= 4 is 23.3 Å². The molecule has 7 aliphatic rings. The van der Waals surface area contributed by atoms with Gasteiger partial charge in [0, 0.05) is 23.7 Å². The number of ketones is 3. The summed E-state index contributed by atoms with van der Waals surface area (Å²) in [5.74, 6) is -8.95. The smallest absolute Gasteiger partial charge is 0.343 e. The average Bonchev–Trinajstić information content (AvgIpc) is 3.57. The van der Waals surface area contributed by atoms with Crippen LogP contribution in [0.15, 0.2) is 11.8 Å². The fraction of sp³-hybridized carbons (Fsp3) is 0.800. The molecular weight excluding hydrogens is 536 g/mol. The third-order valence-corrected chi connectivity index (χ3v) is 13.2. The molecule has 5 aliphatic carbocycles. The van der Waals surface area contributed by atoms with Crippen molar-refractivity contribution in [2.24, 2.45) is 57.7 Å². The summed E-state index contributed by atoms with van der Waals surface area (Å²) in [7, 11) is 0. The third kappa shape index (κ3) is 2.70. The van der Waals surface area contributed by atoms with E-state index < -0.39 is 123 Å². The van der Waals surface area contributed by atoms with Crippen molar-refractivity contribution < 1.29 is 54.2 Å². The monoisotopic (exact) mass is 574 g/mol. The second kappa shape index (κ2) is 7.92. The Morgan fingerprint density at radius 2 is 1.59 bits per heavy atom. The van der Waals surface area contributed by atoms with Crippen LogP contribution in [0, 0.1) is 57.7 Å². The lowest BCUT2D eigenvalue weighted by molar-refractivity contribution is -0.225. The van der Waals surface area contributed by atoms with E-state index in [4.69, 9.17) is 9.47 Å². The Balaban J connectivity index is 1.46. The molecule has 0 amide bonds. The summed E-state index contributed by atoms with van der Waals surface area (Å²) in [5, 5.41) is 59.2. The van der Waals surface area contributed by atoms with Gasteiger partial charge < -0.3 is 35.0 Å². The number of hydrogen-bond donors (Lipinski definition) is 5. The quantitative estimate of drug-likeness (QED) is 0.207. The predicted octanol–water partition coefficient (Wildman–Crippen LogP) is -0.703. The number of aliphatic hydroxyl groups excluding tert-OH is 4. The number of rotatable bonds is 2. The minimum absolute atomic E-state index is 0.150. The van der Waals surface area contributed by atoms with Crippen LogP contribution in [0.2, 0.25) is 0 Å². The number of hydrogen-bond acceptors (Lipinski definition) is 11. The zero-order valence-electron chi connectivity index (χ0n) is 23.7. The Bertz CT molecular complexity index is 1320. The molecule has 41 heavy (non-hydrogen) atoms. The number of allylic oxidation sites excluding steroid dienone is 1. The van der Waals surface area contributed by atoms with E-state index in [1.54, 1.807) is 19.9 Å². The number of aliphatic hydroxyl groups is 5. The van der Waals surface area contributed by atoms with E-state index in [1.807, 2.05) is 0 Å². The van der Waals surface area contributed by atoms with Crippen LogP contribution < -0.4 is 0 Å². The molecule has 4 saturated carbocycles. The molecule has 6 fully saturated rings. The first-order valence-corrected chi connectivity index (χ1v) is 14.6. The number of Topliss-reactive ketones (excluding diaryl/α,β-unsaturated/α-hetero) is 3. The van der Waals surface area contributed by atoms with Crippen LogP contribution in [0.3, 0.4) is 0 Å². The van der Waals surface area contributed by atoms with Gasteiger partial charge in [-0.3, -0.25) is 14.4 Å². The second-order valence-corrected chi connectivity index (χ2v) is 14.3. The molecule has 5 N–H and O–H groups in total. The topological polar surface area (TPSA) is 191 Å². The molecule has 0 radical (unpaired) electrons. The maximum atomic E-state index is 13.9. The van der Waals surface area contributed by atoms with Gasteiger partial charge in [-0.1, -0.05) is 6.92 Å². The van der Waals surface area contributed by atoms with E-state index in [1.165, 1.54) is 20.8 Å². The minimum atomic E-state index is -2.08. The number of epoxide rings is 1. The van der Waals surface area contributed by atoms with Gasteiger partial charge in [0.25, 0.3) is 0 Å². The molecule has 2 heterocycles. The maximum Gasteiger partial charge on any atom is 0.343 e. The average molecular weight is 575 g/mol. The van der Waals surface area contributed by atoms with Crippen molar-refractivity contribution in [1.82, 2.24) is 0 Å². The van der Waals surface area contributed by atoms with Gasteiger partial charge in [0.15, 0.2) is 11.4 Å². The summed E-state index contributed by atoms with van der Waals surface area (Å²) in [4.78, 5) is 54.3. The summed E-state index contributed by atoms with van der Waals surface area (Å²) in [5.41, 5.74) is -6.92. The van der Waals surface area contributed by atoms with Crippen molar-refractivity contribution in [3.05, 3.63) is 11.8 Å². The van der Waals surface area contributed by atoms with Crippen molar-refractivity contribution in [3.8, 4) is 0 Å². The molecule has 0 aromatic heterocycles. The molecule has 0 aromatic rings. The summed E-state index contributed by atoms with van der Waals surface area (Å²) in [6.45, 7) is 7.29. The van der Waals surface area contributed by atoms with Gasteiger partial charge in [-0.15, -0.1) is 0 Å². The second-order valence-electron chi connectivity index (χ2n) is 14.3. The van der Waals surface area contributed by atoms with Crippen molar-refractivity contribution in [2.45, 2.75) is 89.7 Å². The molecule has 11 heteroatoms. The summed E-state index contributed by atoms with van der Waals surface area (Å²) in [6, 6.07) is 0. The van der Waals surface area contributed by atoms with E-state index in [-0.39, 0.29) is 18.6 Å². The van der Waals surface area contributed by atoms with E-state index in [9.17, 15) is 44.7 Å². The van der Waals surface area contributed by atoms with Crippen LogP contribution in [0.5, 0.6) is 0 Å². The molecule has 2 saturated heterocycles. The highest BCUT2D eigenvalue weighted by Crippen LogP contribution is 2.75. The number of carbonyl (C=O) groups excluding carboxylic acids is 4. The Labute approximate surface area is 236 Å². The van der Waals surface area contributed by atoms with Gasteiger partial charge in [0.2, 0.25) is 0 Å². The van der Waals surface area contributed by atoms with Crippen molar-refractivity contribution in [3.63, 3.8) is 0 Å². The van der Waals surface area contributed by atoms with Gasteiger partial charge in [-0.25, -0.2) is 4.79 Å². The van der Waals surface area contributed by atoms with Gasteiger partial charge in [0.05, 0.1) is 40.7 Å². The van der Waals surface area contributed by atoms with Crippen LogP contribution in [0.4, 0.5) is 0 Å². The normalized spacial score (nSPS) is 60.0. The van der Waals surface area contributed by atoms with Gasteiger partial charge in [0.1, 0.15) is 29.5 Å². The predicted molar refractivity (Wildman–Crippen MR) is 136 cm³/mol. The first kappa shape index (κ1) is 27.8. The fourth-order valence-electron chi connectivity index (χ4n) is 11.4. The number of fused-ring (bicyclic) bond motifs is 10. The van der Waals surface area contributed by atoms with Gasteiger partial charge >= 0.3 is 5.97 Å². The van der Waals surface area contributed by atoms with Crippen LogP contribution >= 0.6 is 0 Å². The van der Waals surface area contributed by atoms with E-state index in [0.717, 1.165) is 0 Å². The Hall–Kier alpha value is -2.02.